The van der Waals surface area contributed by atoms with Crippen LogP contribution in [-0.2, 0) is 29.5 Å². The first-order valence-corrected chi connectivity index (χ1v) is 9.93. The molecule has 3 rings (SSSR count). The van der Waals surface area contributed by atoms with E-state index in [9.17, 15) is 4.79 Å². The third kappa shape index (κ3) is 4.53. The lowest BCUT2D eigenvalue weighted by atomic mass is 9.73. The zero-order valence-corrected chi connectivity index (χ0v) is 17.1. The number of hydrogen-bond acceptors (Lipinski definition) is 4. The van der Waals surface area contributed by atoms with E-state index in [1.165, 1.54) is 11.3 Å². The van der Waals surface area contributed by atoms with Crippen molar-refractivity contribution >= 4 is 17.6 Å². The maximum Gasteiger partial charge on any atom is 0.312 e. The van der Waals surface area contributed by atoms with Crippen LogP contribution in [0.4, 0.5) is 0 Å². The molecule has 0 unspecified atom stereocenters. The van der Waals surface area contributed by atoms with E-state index in [1.807, 2.05) is 49.1 Å². The summed E-state index contributed by atoms with van der Waals surface area (Å²) in [6, 6.07) is 7.79. The van der Waals surface area contributed by atoms with Crippen LogP contribution in [-0.4, -0.2) is 40.3 Å². The van der Waals surface area contributed by atoms with Crippen molar-refractivity contribution in [1.29, 1.82) is 0 Å². The fourth-order valence-electron chi connectivity index (χ4n) is 3.81. The molecular weight excluding hydrogens is 362 g/mol. The third-order valence-electron chi connectivity index (χ3n) is 5.71. The molecule has 1 aliphatic heterocycles. The van der Waals surface area contributed by atoms with Crippen LogP contribution in [0.1, 0.15) is 36.6 Å². The van der Waals surface area contributed by atoms with Crippen LogP contribution in [0.3, 0.4) is 0 Å². The van der Waals surface area contributed by atoms with Crippen molar-refractivity contribution in [2.75, 3.05) is 19.7 Å². The van der Waals surface area contributed by atoms with Crippen molar-refractivity contribution in [3.8, 4) is 0 Å². The zero-order chi connectivity index (χ0) is 19.4. The van der Waals surface area contributed by atoms with E-state index in [4.69, 9.17) is 16.3 Å². The normalized spacial score (nSPS) is 17.0. The maximum absolute atomic E-state index is 12.8. The van der Waals surface area contributed by atoms with Gasteiger partial charge in [-0.3, -0.25) is 14.4 Å². The number of carbonyl (C=O) groups is 1. The summed E-state index contributed by atoms with van der Waals surface area (Å²) in [5.41, 5.74) is 3.12. The lowest BCUT2D eigenvalue weighted by molar-refractivity contribution is -0.158. The van der Waals surface area contributed by atoms with Gasteiger partial charge in [0.2, 0.25) is 0 Å². The number of benzene rings is 1. The number of rotatable bonds is 6. The molecule has 146 valence electrons. The molecule has 0 saturated carbocycles. The standard InChI is InChI=1S/C21H28ClN3O2/c1-4-27-20(26)21(13-17-5-7-19(22)8-6-17)9-11-25(12-10-21)15-18-14-23-24(3)16(18)2/h5-8,14H,4,9-13,15H2,1-3H3. The number of hydrogen-bond donors (Lipinski definition) is 0. The van der Waals surface area contributed by atoms with Gasteiger partial charge in [-0.15, -0.1) is 0 Å². The summed E-state index contributed by atoms with van der Waals surface area (Å²) in [6.45, 7) is 7.00. The Balaban J connectivity index is 1.71. The van der Waals surface area contributed by atoms with E-state index in [0.717, 1.165) is 38.0 Å². The highest BCUT2D eigenvalue weighted by molar-refractivity contribution is 6.30. The summed E-state index contributed by atoms with van der Waals surface area (Å²) >= 11 is 6.01. The zero-order valence-electron chi connectivity index (χ0n) is 16.4. The van der Waals surface area contributed by atoms with E-state index in [2.05, 4.69) is 16.9 Å². The Morgan fingerprint density at radius 3 is 2.48 bits per heavy atom. The van der Waals surface area contributed by atoms with Gasteiger partial charge in [0.05, 0.1) is 18.2 Å². The van der Waals surface area contributed by atoms with Gasteiger partial charge in [-0.2, -0.15) is 5.10 Å². The molecule has 1 aromatic heterocycles. The molecule has 1 saturated heterocycles. The highest BCUT2D eigenvalue weighted by Gasteiger charge is 2.42. The molecule has 27 heavy (non-hydrogen) atoms. The SMILES string of the molecule is CCOC(=O)C1(Cc2ccc(Cl)cc2)CCN(Cc2cnn(C)c2C)CC1. The summed E-state index contributed by atoms with van der Waals surface area (Å²) in [4.78, 5) is 15.2. The maximum atomic E-state index is 12.8. The minimum absolute atomic E-state index is 0.0721. The second-order valence-corrected chi connectivity index (χ2v) is 7.90. The molecule has 6 heteroatoms. The lowest BCUT2D eigenvalue weighted by Gasteiger charge is -2.40. The Labute approximate surface area is 166 Å². The fourth-order valence-corrected chi connectivity index (χ4v) is 3.94. The number of halogens is 1. The van der Waals surface area contributed by atoms with Crippen molar-refractivity contribution in [1.82, 2.24) is 14.7 Å². The molecule has 0 N–H and O–H groups in total. The van der Waals surface area contributed by atoms with Crippen LogP contribution >= 0.6 is 11.6 Å². The second kappa shape index (κ2) is 8.44. The van der Waals surface area contributed by atoms with Gasteiger partial charge in [-0.05, 0) is 63.9 Å². The molecule has 0 spiro atoms. The van der Waals surface area contributed by atoms with E-state index in [-0.39, 0.29) is 5.97 Å². The predicted octanol–water partition coefficient (Wildman–Crippen LogP) is 3.77. The Morgan fingerprint density at radius 2 is 1.93 bits per heavy atom. The third-order valence-corrected chi connectivity index (χ3v) is 5.96. The number of nitrogens with zero attached hydrogens (tertiary/aromatic N) is 3. The minimum atomic E-state index is -0.454. The number of ether oxygens (including phenoxy) is 1. The predicted molar refractivity (Wildman–Crippen MR) is 107 cm³/mol. The van der Waals surface area contributed by atoms with Crippen LogP contribution in [0.25, 0.3) is 0 Å². The fraction of sp³-hybridized carbons (Fsp3) is 0.524. The van der Waals surface area contributed by atoms with E-state index in [0.29, 0.717) is 18.1 Å². The topological polar surface area (TPSA) is 47.4 Å². The molecular formula is C21H28ClN3O2. The second-order valence-electron chi connectivity index (χ2n) is 7.46. The molecule has 0 amide bonds. The summed E-state index contributed by atoms with van der Waals surface area (Å²) in [5.74, 6) is -0.0721. The quantitative estimate of drug-likeness (QED) is 0.705. The van der Waals surface area contributed by atoms with Crippen LogP contribution < -0.4 is 0 Å². The van der Waals surface area contributed by atoms with Crippen molar-refractivity contribution in [3.05, 3.63) is 52.3 Å². The Hall–Kier alpha value is -1.85. The molecule has 2 heterocycles. The number of piperidine rings is 1. The number of carbonyl (C=O) groups excluding carboxylic acids is 1. The molecule has 1 fully saturated rings. The van der Waals surface area contributed by atoms with Gasteiger partial charge in [0.15, 0.2) is 0 Å². The molecule has 0 radical (unpaired) electrons. The average molecular weight is 390 g/mol. The monoisotopic (exact) mass is 389 g/mol. The summed E-state index contributed by atoms with van der Waals surface area (Å²) in [6.07, 6.45) is 4.24. The molecule has 1 aromatic carbocycles. The van der Waals surface area contributed by atoms with Crippen molar-refractivity contribution in [2.45, 2.75) is 39.7 Å². The van der Waals surface area contributed by atoms with Crippen molar-refractivity contribution in [2.24, 2.45) is 12.5 Å². The molecule has 0 bridgehead atoms. The van der Waals surface area contributed by atoms with E-state index < -0.39 is 5.41 Å². The summed E-state index contributed by atoms with van der Waals surface area (Å²) in [7, 11) is 1.97. The van der Waals surface area contributed by atoms with Crippen LogP contribution in [0.15, 0.2) is 30.5 Å². The molecule has 5 nitrogen and oxygen atoms in total. The van der Waals surface area contributed by atoms with Crippen LogP contribution in [0.5, 0.6) is 0 Å². The number of aryl methyl sites for hydroxylation is 1. The first-order chi connectivity index (χ1) is 12.9. The Morgan fingerprint density at radius 1 is 1.26 bits per heavy atom. The van der Waals surface area contributed by atoms with Gasteiger partial charge in [-0.25, -0.2) is 0 Å². The smallest absolute Gasteiger partial charge is 0.312 e. The first kappa shape index (κ1) is 19.9. The van der Waals surface area contributed by atoms with Gasteiger partial charge >= 0.3 is 5.97 Å². The highest BCUT2D eigenvalue weighted by Crippen LogP contribution is 2.37. The van der Waals surface area contributed by atoms with Crippen molar-refractivity contribution < 1.29 is 9.53 Å². The first-order valence-electron chi connectivity index (χ1n) is 9.55. The highest BCUT2D eigenvalue weighted by atomic mass is 35.5. The number of likely N-dealkylation sites (tertiary alicyclic amines) is 1. The average Bonchev–Trinajstić information content (AvgIpc) is 2.97. The lowest BCUT2D eigenvalue weighted by Crippen LogP contribution is -2.46. The Bertz CT molecular complexity index is 777. The Kier molecular flexibility index (Phi) is 6.22. The summed E-state index contributed by atoms with van der Waals surface area (Å²) < 4.78 is 7.37. The minimum Gasteiger partial charge on any atom is -0.466 e. The van der Waals surface area contributed by atoms with Crippen molar-refractivity contribution in [3.63, 3.8) is 0 Å². The number of esters is 1. The van der Waals surface area contributed by atoms with Gasteiger partial charge in [-0.1, -0.05) is 23.7 Å². The van der Waals surface area contributed by atoms with Crippen LogP contribution in [0.2, 0.25) is 5.02 Å². The van der Waals surface area contributed by atoms with Gasteiger partial charge in [0.25, 0.3) is 0 Å². The molecule has 0 atom stereocenters. The van der Waals surface area contributed by atoms with Crippen LogP contribution in [0, 0.1) is 12.3 Å². The molecule has 1 aliphatic rings. The van der Waals surface area contributed by atoms with Gasteiger partial charge < -0.3 is 4.74 Å². The van der Waals surface area contributed by atoms with Gasteiger partial charge in [0, 0.05) is 29.9 Å². The molecule has 0 aliphatic carbocycles. The number of aromatic nitrogens is 2. The molecule has 2 aromatic rings. The van der Waals surface area contributed by atoms with Gasteiger partial charge in [0.1, 0.15) is 0 Å². The largest absolute Gasteiger partial charge is 0.466 e. The van der Waals surface area contributed by atoms with E-state index in [1.54, 1.807) is 0 Å². The summed E-state index contributed by atoms with van der Waals surface area (Å²) in [5, 5.41) is 5.04. The van der Waals surface area contributed by atoms with E-state index >= 15 is 0 Å².